The van der Waals surface area contributed by atoms with Crippen molar-refractivity contribution in [3.8, 4) is 0 Å². The van der Waals surface area contributed by atoms with E-state index in [1.165, 1.54) is 29.7 Å². The van der Waals surface area contributed by atoms with Gasteiger partial charge in [-0.1, -0.05) is 12.1 Å². The van der Waals surface area contributed by atoms with Crippen LogP contribution in [-0.4, -0.2) is 26.3 Å². The maximum Gasteiger partial charge on any atom is 0.0637 e. The molecule has 1 aromatic rings. The van der Waals surface area contributed by atoms with E-state index in [0.717, 1.165) is 19.1 Å². The highest BCUT2D eigenvalue weighted by Gasteiger charge is 2.32. The van der Waals surface area contributed by atoms with Crippen molar-refractivity contribution in [3.63, 3.8) is 0 Å². The zero-order valence-corrected chi connectivity index (χ0v) is 12.4. The molecule has 0 radical (unpaired) electrons. The van der Waals surface area contributed by atoms with Crippen molar-refractivity contribution in [2.24, 2.45) is 11.7 Å². The van der Waals surface area contributed by atoms with Gasteiger partial charge in [0.05, 0.1) is 6.61 Å². The maximum atomic E-state index is 5.71. The standard InChI is InChI=1S/C16H26N2O/c1-12-10-14(11-17)4-7-16(12)18(8-9-19-3)13(2)15-5-6-15/h4,7,10,13,15H,5-6,8-9,11,17H2,1-3H3. The summed E-state index contributed by atoms with van der Waals surface area (Å²) in [6.45, 7) is 6.85. The summed E-state index contributed by atoms with van der Waals surface area (Å²) in [6, 6.07) is 7.15. The van der Waals surface area contributed by atoms with Gasteiger partial charge < -0.3 is 15.4 Å². The van der Waals surface area contributed by atoms with Crippen LogP contribution in [0.1, 0.15) is 30.9 Å². The molecule has 3 nitrogen and oxygen atoms in total. The van der Waals surface area contributed by atoms with E-state index >= 15 is 0 Å². The first-order valence-electron chi connectivity index (χ1n) is 7.22. The van der Waals surface area contributed by atoms with Gasteiger partial charge in [-0.3, -0.25) is 0 Å². The van der Waals surface area contributed by atoms with E-state index in [1.807, 2.05) is 0 Å². The van der Waals surface area contributed by atoms with Gasteiger partial charge in [-0.2, -0.15) is 0 Å². The monoisotopic (exact) mass is 262 g/mol. The predicted octanol–water partition coefficient (Wildman–Crippen LogP) is 2.71. The highest BCUT2D eigenvalue weighted by Crippen LogP contribution is 2.37. The molecule has 19 heavy (non-hydrogen) atoms. The molecule has 0 heterocycles. The van der Waals surface area contributed by atoms with Crippen molar-refractivity contribution >= 4 is 5.69 Å². The molecule has 0 saturated heterocycles. The fourth-order valence-corrected chi connectivity index (χ4v) is 2.73. The minimum absolute atomic E-state index is 0.595. The number of methoxy groups -OCH3 is 1. The molecular weight excluding hydrogens is 236 g/mol. The average molecular weight is 262 g/mol. The molecule has 0 bridgehead atoms. The summed E-state index contributed by atoms with van der Waals surface area (Å²) >= 11 is 0. The van der Waals surface area contributed by atoms with Gasteiger partial charge in [0.15, 0.2) is 0 Å². The lowest BCUT2D eigenvalue weighted by Crippen LogP contribution is -2.37. The number of benzene rings is 1. The van der Waals surface area contributed by atoms with Gasteiger partial charge in [-0.05, 0) is 49.8 Å². The third kappa shape index (κ3) is 3.48. The van der Waals surface area contributed by atoms with Crippen LogP contribution >= 0.6 is 0 Å². The number of anilines is 1. The topological polar surface area (TPSA) is 38.5 Å². The van der Waals surface area contributed by atoms with Crippen molar-refractivity contribution in [3.05, 3.63) is 29.3 Å². The van der Waals surface area contributed by atoms with E-state index in [0.29, 0.717) is 12.6 Å². The Labute approximate surface area is 116 Å². The van der Waals surface area contributed by atoms with E-state index < -0.39 is 0 Å². The number of hydrogen-bond donors (Lipinski definition) is 1. The molecule has 106 valence electrons. The Morgan fingerprint density at radius 2 is 2.16 bits per heavy atom. The molecule has 3 heteroatoms. The molecule has 2 N–H and O–H groups in total. The minimum Gasteiger partial charge on any atom is -0.383 e. The Balaban J connectivity index is 2.20. The molecule has 1 saturated carbocycles. The first kappa shape index (κ1) is 14.4. The van der Waals surface area contributed by atoms with E-state index in [4.69, 9.17) is 10.5 Å². The van der Waals surface area contributed by atoms with Crippen LogP contribution in [0.25, 0.3) is 0 Å². The maximum absolute atomic E-state index is 5.71. The van der Waals surface area contributed by atoms with Crippen LogP contribution in [0, 0.1) is 12.8 Å². The van der Waals surface area contributed by atoms with Crippen LogP contribution in [0.5, 0.6) is 0 Å². The second-order valence-electron chi connectivity index (χ2n) is 5.59. The highest BCUT2D eigenvalue weighted by atomic mass is 16.5. The van der Waals surface area contributed by atoms with Crippen molar-refractivity contribution < 1.29 is 4.74 Å². The number of aryl methyl sites for hydroxylation is 1. The summed E-state index contributed by atoms with van der Waals surface area (Å²) in [5.74, 6) is 0.852. The van der Waals surface area contributed by atoms with Crippen molar-refractivity contribution in [2.45, 2.75) is 39.3 Å². The zero-order chi connectivity index (χ0) is 13.8. The Bertz CT molecular complexity index is 415. The molecule has 0 aromatic heterocycles. The molecule has 0 spiro atoms. The van der Waals surface area contributed by atoms with Crippen LogP contribution in [0.4, 0.5) is 5.69 Å². The van der Waals surface area contributed by atoms with Gasteiger partial charge in [0.25, 0.3) is 0 Å². The van der Waals surface area contributed by atoms with E-state index in [2.05, 4.69) is 36.9 Å². The predicted molar refractivity (Wildman–Crippen MR) is 80.5 cm³/mol. The van der Waals surface area contributed by atoms with E-state index in [9.17, 15) is 0 Å². The number of nitrogens with two attached hydrogens (primary N) is 1. The molecule has 1 unspecified atom stereocenters. The first-order valence-corrected chi connectivity index (χ1v) is 7.22. The smallest absolute Gasteiger partial charge is 0.0637 e. The summed E-state index contributed by atoms with van der Waals surface area (Å²) in [4.78, 5) is 2.50. The first-order chi connectivity index (χ1) is 9.17. The Morgan fingerprint density at radius 1 is 1.42 bits per heavy atom. The van der Waals surface area contributed by atoms with Crippen LogP contribution in [0.2, 0.25) is 0 Å². The Kier molecular flexibility index (Phi) is 4.83. The minimum atomic E-state index is 0.595. The van der Waals surface area contributed by atoms with E-state index in [-0.39, 0.29) is 0 Å². The molecule has 1 aromatic carbocycles. The molecule has 1 aliphatic carbocycles. The summed E-state index contributed by atoms with van der Waals surface area (Å²) in [6.07, 6.45) is 2.73. The molecular formula is C16H26N2O. The summed E-state index contributed by atoms with van der Waals surface area (Å²) in [7, 11) is 1.77. The number of nitrogens with zero attached hydrogens (tertiary/aromatic N) is 1. The third-order valence-electron chi connectivity index (χ3n) is 4.14. The molecule has 1 fully saturated rings. The molecule has 2 rings (SSSR count). The van der Waals surface area contributed by atoms with Gasteiger partial charge >= 0.3 is 0 Å². The summed E-state index contributed by atoms with van der Waals surface area (Å²) < 4.78 is 5.27. The quantitative estimate of drug-likeness (QED) is 0.821. The SMILES string of the molecule is COCCN(c1ccc(CN)cc1C)C(C)C1CC1. The Morgan fingerprint density at radius 3 is 2.68 bits per heavy atom. The van der Waals surface area contributed by atoms with Crippen LogP contribution in [0.3, 0.4) is 0 Å². The molecule has 1 atom stereocenters. The average Bonchev–Trinajstić information content (AvgIpc) is 3.24. The van der Waals surface area contributed by atoms with Crippen molar-refractivity contribution in [1.82, 2.24) is 0 Å². The Hall–Kier alpha value is -1.06. The normalized spacial score (nSPS) is 16.4. The van der Waals surface area contributed by atoms with Crippen molar-refractivity contribution in [2.75, 3.05) is 25.2 Å². The lowest BCUT2D eigenvalue weighted by atomic mass is 10.1. The van der Waals surface area contributed by atoms with E-state index in [1.54, 1.807) is 7.11 Å². The van der Waals surface area contributed by atoms with Crippen LogP contribution < -0.4 is 10.6 Å². The number of hydrogen-bond acceptors (Lipinski definition) is 3. The largest absolute Gasteiger partial charge is 0.383 e. The fourth-order valence-electron chi connectivity index (χ4n) is 2.73. The second kappa shape index (κ2) is 6.40. The van der Waals surface area contributed by atoms with Crippen molar-refractivity contribution in [1.29, 1.82) is 0 Å². The summed E-state index contributed by atoms with van der Waals surface area (Å²) in [5, 5.41) is 0. The molecule has 0 aliphatic heterocycles. The zero-order valence-electron chi connectivity index (χ0n) is 12.4. The fraction of sp³-hybridized carbons (Fsp3) is 0.625. The summed E-state index contributed by atoms with van der Waals surface area (Å²) in [5.41, 5.74) is 9.55. The van der Waals surface area contributed by atoms with Crippen LogP contribution in [0.15, 0.2) is 18.2 Å². The van der Waals surface area contributed by atoms with Gasteiger partial charge in [-0.25, -0.2) is 0 Å². The molecule has 1 aliphatic rings. The van der Waals surface area contributed by atoms with Gasteiger partial charge in [0.1, 0.15) is 0 Å². The van der Waals surface area contributed by atoms with Crippen LogP contribution in [-0.2, 0) is 11.3 Å². The van der Waals surface area contributed by atoms with Gasteiger partial charge in [0, 0.05) is 31.9 Å². The lowest BCUT2D eigenvalue weighted by molar-refractivity contribution is 0.202. The third-order valence-corrected chi connectivity index (χ3v) is 4.14. The lowest BCUT2D eigenvalue weighted by Gasteiger charge is -2.33. The number of rotatable bonds is 7. The molecule has 0 amide bonds. The second-order valence-corrected chi connectivity index (χ2v) is 5.59. The van der Waals surface area contributed by atoms with Gasteiger partial charge in [-0.15, -0.1) is 0 Å². The highest BCUT2D eigenvalue weighted by molar-refractivity contribution is 5.55. The van der Waals surface area contributed by atoms with Gasteiger partial charge in [0.2, 0.25) is 0 Å². The number of ether oxygens (including phenoxy) is 1.